The lowest BCUT2D eigenvalue weighted by atomic mass is 10.0. The van der Waals surface area contributed by atoms with E-state index in [1.54, 1.807) is 48.1 Å². The lowest BCUT2D eigenvalue weighted by Gasteiger charge is -2.28. The van der Waals surface area contributed by atoms with E-state index in [9.17, 15) is 9.18 Å². The predicted molar refractivity (Wildman–Crippen MR) is 132 cm³/mol. The third-order valence-electron chi connectivity index (χ3n) is 6.37. The number of hydrogen-bond donors (Lipinski definition) is 0. The minimum absolute atomic E-state index is 0.157. The third kappa shape index (κ3) is 5.39. The van der Waals surface area contributed by atoms with Crippen molar-refractivity contribution in [3.63, 3.8) is 0 Å². The third-order valence-corrected chi connectivity index (χ3v) is 6.37. The van der Waals surface area contributed by atoms with E-state index in [1.807, 2.05) is 18.2 Å². The Labute approximate surface area is 206 Å². The van der Waals surface area contributed by atoms with Crippen LogP contribution in [0.4, 0.5) is 4.39 Å². The molecule has 35 heavy (non-hydrogen) atoms. The van der Waals surface area contributed by atoms with Crippen LogP contribution < -0.4 is 4.74 Å². The molecule has 1 aliphatic heterocycles. The largest absolute Gasteiger partial charge is 0.496 e. The van der Waals surface area contributed by atoms with E-state index in [1.165, 1.54) is 6.07 Å². The average Bonchev–Trinajstić information content (AvgIpc) is 3.23. The molecule has 0 fully saturated rings. The first kappa shape index (κ1) is 24.9. The summed E-state index contributed by atoms with van der Waals surface area (Å²) in [5, 5.41) is 4.87. The summed E-state index contributed by atoms with van der Waals surface area (Å²) >= 11 is 0. The maximum Gasteiger partial charge on any atom is 0.258 e. The first-order chi connectivity index (χ1) is 17.1. The van der Waals surface area contributed by atoms with Gasteiger partial charge in [-0.05, 0) is 37.2 Å². The van der Waals surface area contributed by atoms with Crippen molar-refractivity contribution in [2.45, 2.75) is 32.9 Å². The Balaban J connectivity index is 1.73. The molecule has 0 atom stereocenters. The number of carbonyl (C=O) groups excluding carboxylic acids is 1. The number of amides is 1. The number of ether oxygens (including phenoxy) is 2. The predicted octanol–water partition coefficient (Wildman–Crippen LogP) is 4.08. The van der Waals surface area contributed by atoms with Gasteiger partial charge in [0.15, 0.2) is 0 Å². The number of rotatable bonds is 10. The van der Waals surface area contributed by atoms with Crippen LogP contribution in [0.15, 0.2) is 48.5 Å². The zero-order valence-electron chi connectivity index (χ0n) is 20.7. The summed E-state index contributed by atoms with van der Waals surface area (Å²) in [5.74, 6) is 0.0459. The molecule has 0 radical (unpaired) electrons. The van der Waals surface area contributed by atoms with Gasteiger partial charge in [0.05, 0.1) is 37.2 Å². The summed E-state index contributed by atoms with van der Waals surface area (Å²) in [6, 6.07) is 13.9. The second kappa shape index (κ2) is 11.5. The summed E-state index contributed by atoms with van der Waals surface area (Å²) in [6.07, 6.45) is 1.83. The smallest absolute Gasteiger partial charge is 0.258 e. The Morgan fingerprint density at radius 1 is 1.14 bits per heavy atom. The molecule has 3 aromatic rings. The molecule has 2 aromatic carbocycles. The number of benzene rings is 2. The fourth-order valence-corrected chi connectivity index (χ4v) is 4.63. The number of nitrogens with zero attached hydrogens (tertiary/aromatic N) is 4. The van der Waals surface area contributed by atoms with Crippen LogP contribution in [0.5, 0.6) is 5.75 Å². The summed E-state index contributed by atoms with van der Waals surface area (Å²) in [5.41, 5.74) is 3.78. The number of fused-ring (bicyclic) bond motifs is 1. The van der Waals surface area contributed by atoms with E-state index >= 15 is 0 Å². The van der Waals surface area contributed by atoms with Crippen LogP contribution in [0.25, 0.3) is 5.69 Å². The van der Waals surface area contributed by atoms with Gasteiger partial charge in [-0.15, -0.1) is 0 Å². The van der Waals surface area contributed by atoms with Gasteiger partial charge in [-0.1, -0.05) is 31.2 Å². The average molecular weight is 481 g/mol. The SMILES string of the molecule is CCCN1CCc2c(c(CN(CCOC)C(=O)c3ccccc3OC)nn2-c2ccccc2F)C1. The second-order valence-corrected chi connectivity index (χ2v) is 8.68. The van der Waals surface area contributed by atoms with Crippen molar-refractivity contribution in [2.75, 3.05) is 40.5 Å². The molecule has 1 aromatic heterocycles. The molecule has 0 bridgehead atoms. The van der Waals surface area contributed by atoms with E-state index in [4.69, 9.17) is 14.6 Å². The minimum Gasteiger partial charge on any atom is -0.496 e. The van der Waals surface area contributed by atoms with Crippen LogP contribution in [-0.2, 0) is 24.2 Å². The van der Waals surface area contributed by atoms with Crippen LogP contribution in [0.3, 0.4) is 0 Å². The van der Waals surface area contributed by atoms with Crippen molar-refractivity contribution < 1.29 is 18.7 Å². The van der Waals surface area contributed by atoms with Crippen molar-refractivity contribution in [3.05, 3.63) is 76.9 Å². The Kier molecular flexibility index (Phi) is 8.15. The molecule has 0 aliphatic carbocycles. The maximum atomic E-state index is 14.7. The first-order valence-electron chi connectivity index (χ1n) is 12.1. The molecule has 0 unspecified atom stereocenters. The number of hydrogen-bond acceptors (Lipinski definition) is 5. The fraction of sp³-hybridized carbons (Fsp3) is 0.407. The van der Waals surface area contributed by atoms with Gasteiger partial charge in [0, 0.05) is 38.7 Å². The number of carbonyl (C=O) groups is 1. The molecule has 0 spiro atoms. The quantitative estimate of drug-likeness (QED) is 0.438. The summed E-state index contributed by atoms with van der Waals surface area (Å²) in [7, 11) is 3.17. The monoisotopic (exact) mass is 480 g/mol. The molecule has 7 nitrogen and oxygen atoms in total. The fourth-order valence-electron chi connectivity index (χ4n) is 4.63. The molecule has 8 heteroatoms. The standard InChI is InChI=1S/C27H33FN4O3/c1-4-14-30-15-13-24-21(18-30)23(29-32(24)25-11-7-6-10-22(25)28)19-31(16-17-34-2)27(33)20-9-5-8-12-26(20)35-3/h5-12H,4,13-19H2,1-3H3. The zero-order chi connectivity index (χ0) is 24.8. The number of para-hydroxylation sites is 2. The molecule has 0 saturated heterocycles. The van der Waals surface area contributed by atoms with Gasteiger partial charge >= 0.3 is 0 Å². The number of halogens is 1. The highest BCUT2D eigenvalue weighted by atomic mass is 19.1. The number of aromatic nitrogens is 2. The van der Waals surface area contributed by atoms with E-state index in [0.29, 0.717) is 36.7 Å². The lowest BCUT2D eigenvalue weighted by Crippen LogP contribution is -2.35. The Hall–Kier alpha value is -3.23. The van der Waals surface area contributed by atoms with Gasteiger partial charge in [-0.3, -0.25) is 9.69 Å². The van der Waals surface area contributed by atoms with Crippen LogP contribution in [-0.4, -0.2) is 65.9 Å². The van der Waals surface area contributed by atoms with E-state index in [0.717, 1.165) is 49.4 Å². The van der Waals surface area contributed by atoms with E-state index in [-0.39, 0.29) is 11.7 Å². The Morgan fingerprint density at radius 3 is 2.66 bits per heavy atom. The Morgan fingerprint density at radius 2 is 1.91 bits per heavy atom. The molecule has 1 aliphatic rings. The summed E-state index contributed by atoms with van der Waals surface area (Å²) < 4.78 is 27.2. The lowest BCUT2D eigenvalue weighted by molar-refractivity contribution is 0.0673. The second-order valence-electron chi connectivity index (χ2n) is 8.68. The van der Waals surface area contributed by atoms with Crippen molar-refractivity contribution >= 4 is 5.91 Å². The molecule has 2 heterocycles. The normalized spacial score (nSPS) is 13.5. The van der Waals surface area contributed by atoms with Gasteiger partial charge in [0.2, 0.25) is 0 Å². The van der Waals surface area contributed by atoms with Gasteiger partial charge in [0.25, 0.3) is 5.91 Å². The van der Waals surface area contributed by atoms with E-state index < -0.39 is 0 Å². The van der Waals surface area contributed by atoms with Crippen LogP contribution >= 0.6 is 0 Å². The van der Waals surface area contributed by atoms with Crippen molar-refractivity contribution in [1.29, 1.82) is 0 Å². The van der Waals surface area contributed by atoms with Crippen LogP contribution in [0.1, 0.15) is 40.7 Å². The molecule has 0 N–H and O–H groups in total. The molecular formula is C27H33FN4O3. The van der Waals surface area contributed by atoms with Crippen molar-refractivity contribution in [1.82, 2.24) is 19.6 Å². The number of methoxy groups -OCH3 is 2. The van der Waals surface area contributed by atoms with Gasteiger partial charge in [0.1, 0.15) is 17.3 Å². The Bertz CT molecular complexity index is 1160. The first-order valence-corrected chi connectivity index (χ1v) is 12.1. The molecular weight excluding hydrogens is 447 g/mol. The highest BCUT2D eigenvalue weighted by Gasteiger charge is 2.28. The summed E-state index contributed by atoms with van der Waals surface area (Å²) in [4.78, 5) is 17.7. The van der Waals surface area contributed by atoms with E-state index in [2.05, 4.69) is 11.8 Å². The molecule has 0 saturated carbocycles. The minimum atomic E-state index is -0.318. The molecule has 1 amide bonds. The van der Waals surface area contributed by atoms with Gasteiger partial charge < -0.3 is 14.4 Å². The highest BCUT2D eigenvalue weighted by molar-refractivity contribution is 5.96. The van der Waals surface area contributed by atoms with Crippen molar-refractivity contribution in [3.8, 4) is 11.4 Å². The van der Waals surface area contributed by atoms with Gasteiger partial charge in [-0.2, -0.15) is 5.10 Å². The van der Waals surface area contributed by atoms with Crippen LogP contribution in [0, 0.1) is 5.82 Å². The highest BCUT2D eigenvalue weighted by Crippen LogP contribution is 2.28. The summed E-state index contributed by atoms with van der Waals surface area (Å²) in [6.45, 7) is 5.85. The van der Waals surface area contributed by atoms with Gasteiger partial charge in [-0.25, -0.2) is 9.07 Å². The molecule has 4 rings (SSSR count). The maximum absolute atomic E-state index is 14.7. The van der Waals surface area contributed by atoms with Crippen LogP contribution in [0.2, 0.25) is 0 Å². The topological polar surface area (TPSA) is 59.8 Å². The van der Waals surface area contributed by atoms with Crippen molar-refractivity contribution in [2.24, 2.45) is 0 Å². The molecule has 186 valence electrons. The zero-order valence-corrected chi connectivity index (χ0v) is 20.7.